The number of carbonyl (C=O) groups is 1. The summed E-state index contributed by atoms with van der Waals surface area (Å²) in [6.45, 7) is 1.03. The van der Waals surface area contributed by atoms with E-state index in [1.165, 1.54) is 5.56 Å². The van der Waals surface area contributed by atoms with Crippen molar-refractivity contribution < 1.29 is 23.7 Å². The second kappa shape index (κ2) is 10.0. The second-order valence-corrected chi connectivity index (χ2v) is 9.14. The molecule has 0 bridgehead atoms. The molecule has 1 heterocycles. The largest absolute Gasteiger partial charge is 0.497 e. The number of likely N-dealkylation sites (tertiary alicyclic amines) is 1. The Labute approximate surface area is 201 Å². The molecule has 1 saturated carbocycles. The number of carbonyl (C=O) groups excluding carboxylic acids is 1. The Morgan fingerprint density at radius 2 is 1.65 bits per heavy atom. The SMILES string of the molecule is COc1cc(NC(=O)NC2CCC3(c4ccc(OC)c(OC)c4)CCN(C)C3C2)cc(OC)c1. The summed E-state index contributed by atoms with van der Waals surface area (Å²) in [5.74, 6) is 2.75. The molecule has 1 aliphatic carbocycles. The van der Waals surface area contributed by atoms with E-state index in [9.17, 15) is 4.79 Å². The Morgan fingerprint density at radius 3 is 2.29 bits per heavy atom. The van der Waals surface area contributed by atoms with Crippen LogP contribution in [0.1, 0.15) is 31.2 Å². The van der Waals surface area contributed by atoms with Crippen molar-refractivity contribution in [2.75, 3.05) is 47.3 Å². The molecule has 34 heavy (non-hydrogen) atoms. The summed E-state index contributed by atoms with van der Waals surface area (Å²) in [6.07, 6.45) is 3.88. The zero-order chi connectivity index (χ0) is 24.3. The summed E-state index contributed by atoms with van der Waals surface area (Å²) >= 11 is 0. The van der Waals surface area contributed by atoms with Gasteiger partial charge in [-0.1, -0.05) is 6.07 Å². The molecular formula is C26H35N3O5. The highest BCUT2D eigenvalue weighted by atomic mass is 16.5. The predicted octanol–water partition coefficient (Wildman–Crippen LogP) is 4.04. The van der Waals surface area contributed by atoms with Crippen molar-refractivity contribution in [2.45, 2.75) is 43.2 Å². The number of ether oxygens (including phenoxy) is 4. The first kappa shape index (κ1) is 24.0. The van der Waals surface area contributed by atoms with Crippen molar-refractivity contribution in [3.63, 3.8) is 0 Å². The van der Waals surface area contributed by atoms with Crippen LogP contribution in [0.4, 0.5) is 10.5 Å². The van der Waals surface area contributed by atoms with Gasteiger partial charge in [-0.15, -0.1) is 0 Å². The second-order valence-electron chi connectivity index (χ2n) is 9.14. The van der Waals surface area contributed by atoms with Crippen LogP contribution >= 0.6 is 0 Å². The van der Waals surface area contributed by atoms with E-state index in [0.717, 1.165) is 43.7 Å². The molecule has 0 radical (unpaired) electrons. The molecule has 0 aromatic heterocycles. The average molecular weight is 470 g/mol. The van der Waals surface area contributed by atoms with Gasteiger partial charge in [0.05, 0.1) is 28.4 Å². The van der Waals surface area contributed by atoms with Crippen LogP contribution in [0.3, 0.4) is 0 Å². The number of urea groups is 1. The molecule has 1 saturated heterocycles. The number of fused-ring (bicyclic) bond motifs is 1. The topological polar surface area (TPSA) is 81.3 Å². The van der Waals surface area contributed by atoms with Gasteiger partial charge < -0.3 is 34.5 Å². The lowest BCUT2D eigenvalue weighted by atomic mass is 9.65. The predicted molar refractivity (Wildman–Crippen MR) is 132 cm³/mol. The lowest BCUT2D eigenvalue weighted by molar-refractivity contribution is 0.156. The third-order valence-electron chi connectivity index (χ3n) is 7.43. The number of nitrogens with one attached hydrogen (secondary N) is 2. The van der Waals surface area contributed by atoms with E-state index in [1.807, 2.05) is 6.07 Å². The van der Waals surface area contributed by atoms with Gasteiger partial charge in [-0.25, -0.2) is 4.79 Å². The number of likely N-dealkylation sites (N-methyl/N-ethyl adjacent to an activating group) is 1. The first-order valence-electron chi connectivity index (χ1n) is 11.7. The van der Waals surface area contributed by atoms with Crippen LogP contribution in [0.2, 0.25) is 0 Å². The van der Waals surface area contributed by atoms with E-state index < -0.39 is 0 Å². The fraction of sp³-hybridized carbons (Fsp3) is 0.500. The molecule has 1 aliphatic heterocycles. The maximum absolute atomic E-state index is 12.8. The third-order valence-corrected chi connectivity index (χ3v) is 7.43. The number of benzene rings is 2. The van der Waals surface area contributed by atoms with Gasteiger partial charge in [-0.3, -0.25) is 0 Å². The molecule has 8 heteroatoms. The first-order chi connectivity index (χ1) is 16.4. The summed E-state index contributed by atoms with van der Waals surface area (Å²) in [5.41, 5.74) is 1.95. The van der Waals surface area contributed by atoms with E-state index in [-0.39, 0.29) is 17.5 Å². The van der Waals surface area contributed by atoms with Crippen LogP contribution in [0.15, 0.2) is 36.4 Å². The molecule has 4 rings (SSSR count). The Hall–Kier alpha value is -3.13. The fourth-order valence-electron chi connectivity index (χ4n) is 5.63. The highest BCUT2D eigenvalue weighted by molar-refractivity contribution is 5.90. The Bertz CT molecular complexity index is 1010. The molecule has 2 aromatic rings. The lowest BCUT2D eigenvalue weighted by Gasteiger charge is -2.45. The van der Waals surface area contributed by atoms with Crippen LogP contribution in [0.25, 0.3) is 0 Å². The van der Waals surface area contributed by atoms with Crippen molar-refractivity contribution in [3.8, 4) is 23.0 Å². The summed E-state index contributed by atoms with van der Waals surface area (Å²) in [6, 6.07) is 11.8. The zero-order valence-corrected chi connectivity index (χ0v) is 20.6. The van der Waals surface area contributed by atoms with Gasteiger partial charge in [-0.2, -0.15) is 0 Å². The van der Waals surface area contributed by atoms with Crippen molar-refractivity contribution in [2.24, 2.45) is 0 Å². The van der Waals surface area contributed by atoms with Gasteiger partial charge in [0.2, 0.25) is 0 Å². The highest BCUT2D eigenvalue weighted by Crippen LogP contribution is 2.49. The van der Waals surface area contributed by atoms with Crippen molar-refractivity contribution in [3.05, 3.63) is 42.0 Å². The van der Waals surface area contributed by atoms with Crippen LogP contribution in [-0.2, 0) is 5.41 Å². The summed E-state index contributed by atoms with van der Waals surface area (Å²) in [5, 5.41) is 6.11. The van der Waals surface area contributed by atoms with E-state index in [1.54, 1.807) is 46.6 Å². The minimum absolute atomic E-state index is 0.0448. The Kier molecular flexibility index (Phi) is 7.07. The minimum Gasteiger partial charge on any atom is -0.497 e. The van der Waals surface area contributed by atoms with Crippen molar-refractivity contribution in [1.29, 1.82) is 0 Å². The lowest BCUT2D eigenvalue weighted by Crippen LogP contribution is -2.52. The van der Waals surface area contributed by atoms with Gasteiger partial charge in [0.25, 0.3) is 0 Å². The zero-order valence-electron chi connectivity index (χ0n) is 20.6. The molecule has 184 valence electrons. The number of nitrogens with zero attached hydrogens (tertiary/aromatic N) is 1. The summed E-state index contributed by atoms with van der Waals surface area (Å²) in [4.78, 5) is 15.2. The van der Waals surface area contributed by atoms with Gasteiger partial charge in [0.1, 0.15) is 11.5 Å². The van der Waals surface area contributed by atoms with Crippen molar-refractivity contribution in [1.82, 2.24) is 10.2 Å². The summed E-state index contributed by atoms with van der Waals surface area (Å²) < 4.78 is 21.6. The van der Waals surface area contributed by atoms with E-state index >= 15 is 0 Å². The smallest absolute Gasteiger partial charge is 0.319 e. The number of methoxy groups -OCH3 is 4. The Balaban J connectivity index is 1.47. The van der Waals surface area contributed by atoms with E-state index in [2.05, 4.69) is 34.7 Å². The Morgan fingerprint density at radius 1 is 0.941 bits per heavy atom. The van der Waals surface area contributed by atoms with Crippen LogP contribution in [0, 0.1) is 0 Å². The van der Waals surface area contributed by atoms with Gasteiger partial charge in [-0.05, 0) is 57.0 Å². The number of amides is 2. The standard InChI is InChI=1S/C26H35N3O5/c1-29-11-10-26(17-6-7-22(33-4)23(12-17)34-5)9-8-18(15-24(26)29)27-25(30)28-19-13-20(31-2)16-21(14-19)32-3/h6-7,12-14,16,18,24H,8-11,15H2,1-5H3,(H2,27,28,30). The van der Waals surface area contributed by atoms with Gasteiger partial charge in [0.15, 0.2) is 11.5 Å². The van der Waals surface area contributed by atoms with Crippen LogP contribution in [-0.4, -0.2) is 65.0 Å². The van der Waals surface area contributed by atoms with Gasteiger partial charge >= 0.3 is 6.03 Å². The third kappa shape index (κ3) is 4.59. The molecule has 8 nitrogen and oxygen atoms in total. The molecule has 2 N–H and O–H groups in total. The number of hydrogen-bond donors (Lipinski definition) is 2. The highest BCUT2D eigenvalue weighted by Gasteiger charge is 2.50. The van der Waals surface area contributed by atoms with E-state index in [4.69, 9.17) is 18.9 Å². The number of rotatable bonds is 7. The van der Waals surface area contributed by atoms with Crippen LogP contribution < -0.4 is 29.6 Å². The molecule has 0 spiro atoms. The minimum atomic E-state index is -0.223. The average Bonchev–Trinajstić information content (AvgIpc) is 3.20. The maximum atomic E-state index is 12.8. The first-order valence-corrected chi connectivity index (χ1v) is 11.7. The number of hydrogen-bond acceptors (Lipinski definition) is 6. The molecule has 2 aliphatic rings. The molecule has 2 aromatic carbocycles. The van der Waals surface area contributed by atoms with Gasteiger partial charge in [0, 0.05) is 41.4 Å². The quantitative estimate of drug-likeness (QED) is 0.637. The molecule has 3 unspecified atom stereocenters. The monoisotopic (exact) mass is 469 g/mol. The molecule has 3 atom stereocenters. The fourth-order valence-corrected chi connectivity index (χ4v) is 5.63. The number of anilines is 1. The molecule has 2 amide bonds. The molecule has 2 fully saturated rings. The summed E-state index contributed by atoms with van der Waals surface area (Å²) in [7, 11) is 8.69. The van der Waals surface area contributed by atoms with Crippen molar-refractivity contribution >= 4 is 11.7 Å². The normalized spacial score (nSPS) is 24.1. The van der Waals surface area contributed by atoms with Crippen LogP contribution in [0.5, 0.6) is 23.0 Å². The molecular weight excluding hydrogens is 434 g/mol. The maximum Gasteiger partial charge on any atom is 0.319 e. The van der Waals surface area contributed by atoms with E-state index in [0.29, 0.717) is 23.2 Å².